The van der Waals surface area contributed by atoms with Crippen molar-refractivity contribution in [1.29, 1.82) is 0 Å². The van der Waals surface area contributed by atoms with Gasteiger partial charge in [-0.15, -0.1) is 0 Å². The van der Waals surface area contributed by atoms with Crippen LogP contribution in [0, 0.1) is 6.92 Å². The molecule has 1 aromatic heterocycles. The number of ether oxygens (including phenoxy) is 1. The number of ketones is 1. The molecule has 8 heteroatoms. The van der Waals surface area contributed by atoms with E-state index in [2.05, 4.69) is 4.98 Å². The molecule has 0 radical (unpaired) electrons. The Balaban J connectivity index is 1.93. The number of amides is 1. The number of anilines is 1. The van der Waals surface area contributed by atoms with E-state index in [1.165, 1.54) is 12.0 Å². The van der Waals surface area contributed by atoms with Crippen molar-refractivity contribution >= 4 is 39.9 Å². The lowest BCUT2D eigenvalue weighted by molar-refractivity contribution is -0.132. The van der Waals surface area contributed by atoms with E-state index in [-0.39, 0.29) is 21.3 Å². The Morgan fingerprint density at radius 3 is 2.29 bits per heavy atom. The Hall–Kier alpha value is -3.78. The van der Waals surface area contributed by atoms with Crippen LogP contribution in [-0.4, -0.2) is 34.9 Å². The predicted molar refractivity (Wildman–Crippen MR) is 116 cm³/mol. The number of aryl methyl sites for hydroxylation is 1. The van der Waals surface area contributed by atoms with E-state index in [1.54, 1.807) is 61.5 Å². The lowest BCUT2D eigenvalue weighted by atomic mass is 9.95. The minimum absolute atomic E-state index is 0.0325. The van der Waals surface area contributed by atoms with E-state index in [0.717, 1.165) is 11.3 Å². The molecule has 31 heavy (non-hydrogen) atoms. The number of hydrogen-bond acceptors (Lipinski definition) is 7. The first kappa shape index (κ1) is 20.5. The predicted octanol–water partition coefficient (Wildman–Crippen LogP) is 3.86. The topological polar surface area (TPSA) is 96.8 Å². The first-order valence-electron chi connectivity index (χ1n) is 9.41. The third-order valence-corrected chi connectivity index (χ3v) is 6.11. The molecule has 0 aliphatic carbocycles. The fourth-order valence-electron chi connectivity index (χ4n) is 3.50. The molecule has 4 rings (SSSR count). The van der Waals surface area contributed by atoms with Crippen LogP contribution in [0.5, 0.6) is 0 Å². The highest BCUT2D eigenvalue weighted by Crippen LogP contribution is 2.43. The van der Waals surface area contributed by atoms with Gasteiger partial charge in [0.05, 0.1) is 24.4 Å². The van der Waals surface area contributed by atoms with Gasteiger partial charge in [-0.1, -0.05) is 72.0 Å². The molecule has 1 atom stereocenters. The number of carbonyl (C=O) groups is 3. The van der Waals surface area contributed by atoms with Crippen LogP contribution in [0.3, 0.4) is 0 Å². The third kappa shape index (κ3) is 3.51. The van der Waals surface area contributed by atoms with Gasteiger partial charge in [0.2, 0.25) is 0 Å². The Bertz CT molecular complexity index is 1200. The van der Waals surface area contributed by atoms with Gasteiger partial charge in [-0.3, -0.25) is 14.5 Å². The second kappa shape index (κ2) is 8.16. The van der Waals surface area contributed by atoms with Gasteiger partial charge in [-0.25, -0.2) is 9.78 Å². The standard InChI is InChI=1S/C23H18N2O5S/c1-13-20(22(29)30-2)31-23(24-13)25-17(14-9-5-3-6-10-14)16(19(27)21(25)28)18(26)15-11-7-4-8-12-15/h3-12,17,26H,1-2H3/t17-/m1/s1. The summed E-state index contributed by atoms with van der Waals surface area (Å²) in [5.74, 6) is -2.48. The lowest BCUT2D eigenvalue weighted by Gasteiger charge is -2.22. The molecule has 1 aliphatic rings. The SMILES string of the molecule is COC(=O)c1sc(N2C(=O)C(=O)C(=C(O)c3ccccc3)[C@H]2c2ccccc2)nc1C. The molecule has 0 unspecified atom stereocenters. The maximum absolute atomic E-state index is 13.1. The number of rotatable bonds is 4. The van der Waals surface area contributed by atoms with Gasteiger partial charge < -0.3 is 9.84 Å². The number of hydrogen-bond donors (Lipinski definition) is 1. The van der Waals surface area contributed by atoms with E-state index in [1.807, 2.05) is 6.07 Å². The van der Waals surface area contributed by atoms with Crippen LogP contribution >= 0.6 is 11.3 Å². The maximum atomic E-state index is 13.1. The number of aliphatic hydroxyl groups excluding tert-OH is 1. The Kier molecular flexibility index (Phi) is 5.39. The van der Waals surface area contributed by atoms with Gasteiger partial charge in [-0.2, -0.15) is 0 Å². The van der Waals surface area contributed by atoms with Crippen LogP contribution in [0.2, 0.25) is 0 Å². The number of aliphatic hydroxyl groups is 1. The van der Waals surface area contributed by atoms with Gasteiger partial charge in [0.25, 0.3) is 5.78 Å². The van der Waals surface area contributed by atoms with E-state index in [9.17, 15) is 19.5 Å². The zero-order chi connectivity index (χ0) is 22.1. The summed E-state index contributed by atoms with van der Waals surface area (Å²) >= 11 is 0.966. The highest BCUT2D eigenvalue weighted by atomic mass is 32.1. The molecule has 1 saturated heterocycles. The van der Waals surface area contributed by atoms with Crippen LogP contribution in [-0.2, 0) is 14.3 Å². The van der Waals surface area contributed by atoms with Gasteiger partial charge in [0.15, 0.2) is 5.13 Å². The highest BCUT2D eigenvalue weighted by molar-refractivity contribution is 7.17. The van der Waals surface area contributed by atoms with Gasteiger partial charge >= 0.3 is 11.9 Å². The zero-order valence-electron chi connectivity index (χ0n) is 16.7. The average molecular weight is 434 g/mol. The van der Waals surface area contributed by atoms with Crippen molar-refractivity contribution < 1.29 is 24.2 Å². The largest absolute Gasteiger partial charge is 0.507 e. The molecule has 1 fully saturated rings. The fraction of sp³-hybridized carbons (Fsp3) is 0.130. The Morgan fingerprint density at radius 2 is 1.68 bits per heavy atom. The molecule has 3 aromatic rings. The molecule has 0 saturated carbocycles. The van der Waals surface area contributed by atoms with Crippen LogP contribution in [0.4, 0.5) is 5.13 Å². The van der Waals surface area contributed by atoms with Crippen molar-refractivity contribution in [2.75, 3.05) is 12.0 Å². The highest BCUT2D eigenvalue weighted by Gasteiger charge is 2.48. The smallest absolute Gasteiger partial charge is 0.350 e. The van der Waals surface area contributed by atoms with Crippen molar-refractivity contribution in [3.63, 3.8) is 0 Å². The molecule has 1 amide bonds. The summed E-state index contributed by atoms with van der Waals surface area (Å²) in [6, 6.07) is 16.6. The molecule has 1 aliphatic heterocycles. The second-order valence-electron chi connectivity index (χ2n) is 6.85. The van der Waals surface area contributed by atoms with Crippen molar-refractivity contribution in [1.82, 2.24) is 4.98 Å². The van der Waals surface area contributed by atoms with Gasteiger partial charge in [0, 0.05) is 5.56 Å². The average Bonchev–Trinajstić information content (AvgIpc) is 3.31. The molecule has 7 nitrogen and oxygen atoms in total. The van der Waals surface area contributed by atoms with Crippen LogP contribution in [0.1, 0.15) is 32.5 Å². The van der Waals surface area contributed by atoms with Crippen LogP contribution in [0.15, 0.2) is 66.2 Å². The number of nitrogens with zero attached hydrogens (tertiary/aromatic N) is 2. The summed E-state index contributed by atoms with van der Waals surface area (Å²) in [5, 5.41) is 11.2. The first-order valence-corrected chi connectivity index (χ1v) is 10.2. The summed E-state index contributed by atoms with van der Waals surface area (Å²) in [6.07, 6.45) is 0. The normalized spacial score (nSPS) is 17.7. The summed E-state index contributed by atoms with van der Waals surface area (Å²) in [6.45, 7) is 1.63. The van der Waals surface area contributed by atoms with Crippen LogP contribution in [0.25, 0.3) is 5.76 Å². The molecule has 2 aromatic carbocycles. The number of carbonyl (C=O) groups excluding carboxylic acids is 3. The molecule has 0 spiro atoms. The number of benzene rings is 2. The Morgan fingerprint density at radius 1 is 1.06 bits per heavy atom. The minimum atomic E-state index is -0.891. The number of thiazole rings is 1. The van der Waals surface area contributed by atoms with Crippen molar-refractivity contribution in [3.05, 3.63) is 87.9 Å². The number of esters is 1. The summed E-state index contributed by atoms with van der Waals surface area (Å²) in [4.78, 5) is 44.0. The maximum Gasteiger partial charge on any atom is 0.350 e. The zero-order valence-corrected chi connectivity index (χ0v) is 17.6. The summed E-state index contributed by atoms with van der Waals surface area (Å²) < 4.78 is 4.78. The minimum Gasteiger partial charge on any atom is -0.507 e. The summed E-state index contributed by atoms with van der Waals surface area (Å²) in [7, 11) is 1.26. The van der Waals surface area contributed by atoms with Crippen molar-refractivity contribution in [3.8, 4) is 0 Å². The monoisotopic (exact) mass is 434 g/mol. The molecule has 1 N–H and O–H groups in total. The third-order valence-electron chi connectivity index (χ3n) is 4.97. The van der Waals surface area contributed by atoms with E-state index >= 15 is 0 Å². The van der Waals surface area contributed by atoms with E-state index < -0.39 is 23.7 Å². The van der Waals surface area contributed by atoms with E-state index in [0.29, 0.717) is 16.8 Å². The van der Waals surface area contributed by atoms with Crippen molar-refractivity contribution in [2.45, 2.75) is 13.0 Å². The van der Waals surface area contributed by atoms with E-state index in [4.69, 9.17) is 4.74 Å². The number of Topliss-reactive ketones (excluding diaryl/α,β-unsaturated/α-hetero) is 1. The second-order valence-corrected chi connectivity index (χ2v) is 7.83. The van der Waals surface area contributed by atoms with Crippen molar-refractivity contribution in [2.24, 2.45) is 0 Å². The molecule has 2 heterocycles. The molecular weight excluding hydrogens is 416 g/mol. The fourth-order valence-corrected chi connectivity index (χ4v) is 4.51. The lowest BCUT2D eigenvalue weighted by Crippen LogP contribution is -2.29. The van der Waals surface area contributed by atoms with Gasteiger partial charge in [0.1, 0.15) is 10.6 Å². The molecule has 0 bridgehead atoms. The molecular formula is C23H18N2O5S. The summed E-state index contributed by atoms with van der Waals surface area (Å²) in [5.41, 5.74) is 1.41. The number of methoxy groups -OCH3 is 1. The Labute approximate surface area is 182 Å². The molecule has 156 valence electrons. The first-order chi connectivity index (χ1) is 14.9. The number of aromatic nitrogens is 1. The van der Waals surface area contributed by atoms with Gasteiger partial charge in [-0.05, 0) is 12.5 Å². The quantitative estimate of drug-likeness (QED) is 0.290. The van der Waals surface area contributed by atoms with Crippen LogP contribution < -0.4 is 4.90 Å².